The van der Waals surface area contributed by atoms with Crippen molar-refractivity contribution in [1.82, 2.24) is 0 Å². The molecule has 0 atom stereocenters. The summed E-state index contributed by atoms with van der Waals surface area (Å²) < 4.78 is 0. The van der Waals surface area contributed by atoms with Crippen LogP contribution in [0.25, 0.3) is 0 Å². The molecule has 0 radical (unpaired) electrons. The monoisotopic (exact) mass is 139 g/mol. The van der Waals surface area contributed by atoms with E-state index < -0.39 is 5.91 Å². The number of hydrogen-bond donors (Lipinski definition) is 0. The van der Waals surface area contributed by atoms with E-state index in [2.05, 4.69) is 5.18 Å². The second kappa shape index (κ2) is 2.73. The molecule has 1 fully saturated rings. The summed E-state index contributed by atoms with van der Waals surface area (Å²) in [6.07, 6.45) is 3.62. The van der Waals surface area contributed by atoms with Gasteiger partial charge in [-0.25, -0.2) is 0 Å². The molecule has 0 aromatic carbocycles. The van der Waals surface area contributed by atoms with Gasteiger partial charge in [-0.1, -0.05) is 5.57 Å². The topological polar surface area (TPSA) is 46.5 Å². The van der Waals surface area contributed by atoms with E-state index >= 15 is 0 Å². The maximum absolute atomic E-state index is 10.4. The van der Waals surface area contributed by atoms with Crippen LogP contribution in [-0.2, 0) is 4.79 Å². The molecule has 0 aromatic rings. The van der Waals surface area contributed by atoms with Gasteiger partial charge in [-0.3, -0.25) is 4.79 Å². The lowest BCUT2D eigenvalue weighted by molar-refractivity contribution is -0.113. The van der Waals surface area contributed by atoms with E-state index in [0.29, 0.717) is 5.92 Å². The van der Waals surface area contributed by atoms with Crippen LogP contribution in [-0.4, -0.2) is 5.91 Å². The lowest BCUT2D eigenvalue weighted by atomic mass is 10.2. The van der Waals surface area contributed by atoms with Crippen LogP contribution in [0.1, 0.15) is 19.8 Å². The number of carbonyl (C=O) groups excluding carboxylic acids is 1. The highest BCUT2D eigenvalue weighted by molar-refractivity contribution is 5.88. The average molecular weight is 139 g/mol. The SMILES string of the molecule is C/C(=C/C(=O)N=O)C1CC1. The number of nitroso groups, excluding NO2 is 1. The third-order valence-corrected chi connectivity index (χ3v) is 1.66. The van der Waals surface area contributed by atoms with Crippen LogP contribution in [0.5, 0.6) is 0 Å². The average Bonchev–Trinajstić information content (AvgIpc) is 2.68. The fraction of sp³-hybridized carbons (Fsp3) is 0.571. The van der Waals surface area contributed by atoms with Crippen LogP contribution in [0, 0.1) is 10.8 Å². The fourth-order valence-corrected chi connectivity index (χ4v) is 0.878. The predicted molar refractivity (Wildman–Crippen MR) is 37.3 cm³/mol. The summed E-state index contributed by atoms with van der Waals surface area (Å²) in [4.78, 5) is 20.0. The Bertz CT molecular complexity index is 192. The van der Waals surface area contributed by atoms with Gasteiger partial charge in [-0.05, 0) is 25.7 Å². The first-order valence-corrected chi connectivity index (χ1v) is 3.29. The summed E-state index contributed by atoms with van der Waals surface area (Å²) in [5.41, 5.74) is 0.990. The zero-order chi connectivity index (χ0) is 7.56. The molecular weight excluding hydrogens is 130 g/mol. The molecule has 1 aliphatic carbocycles. The first kappa shape index (κ1) is 7.12. The Kier molecular flexibility index (Phi) is 1.94. The van der Waals surface area contributed by atoms with Crippen molar-refractivity contribution < 1.29 is 4.79 Å². The second-order valence-electron chi connectivity index (χ2n) is 2.59. The van der Waals surface area contributed by atoms with Crippen LogP contribution < -0.4 is 0 Å². The van der Waals surface area contributed by atoms with Gasteiger partial charge in [0, 0.05) is 11.3 Å². The van der Waals surface area contributed by atoms with Crippen LogP contribution in [0.4, 0.5) is 0 Å². The number of allylic oxidation sites excluding steroid dienone is 1. The third kappa shape index (κ3) is 1.76. The van der Waals surface area contributed by atoms with Crippen molar-refractivity contribution >= 4 is 5.91 Å². The van der Waals surface area contributed by atoms with Crippen molar-refractivity contribution in [1.29, 1.82) is 0 Å². The van der Waals surface area contributed by atoms with Crippen molar-refractivity contribution in [3.8, 4) is 0 Å². The van der Waals surface area contributed by atoms with Gasteiger partial charge in [0.2, 0.25) is 0 Å². The zero-order valence-electron chi connectivity index (χ0n) is 5.83. The molecule has 1 saturated carbocycles. The molecule has 0 heterocycles. The van der Waals surface area contributed by atoms with Crippen molar-refractivity contribution in [3.05, 3.63) is 16.6 Å². The normalized spacial score (nSPS) is 18.7. The maximum Gasteiger partial charge on any atom is 0.309 e. The Morgan fingerprint density at radius 1 is 1.60 bits per heavy atom. The Morgan fingerprint density at radius 2 is 2.20 bits per heavy atom. The molecule has 1 aliphatic rings. The van der Waals surface area contributed by atoms with Crippen molar-refractivity contribution in [3.63, 3.8) is 0 Å². The summed E-state index contributed by atoms with van der Waals surface area (Å²) in [7, 11) is 0. The quantitative estimate of drug-likeness (QED) is 0.431. The Morgan fingerprint density at radius 3 is 2.60 bits per heavy atom. The summed E-state index contributed by atoms with van der Waals surface area (Å²) >= 11 is 0. The standard InChI is InChI=1S/C7H9NO2/c1-5(6-2-3-6)4-7(9)8-10/h4,6H,2-3H2,1H3/b5-4-. The molecule has 0 bridgehead atoms. The van der Waals surface area contributed by atoms with Crippen molar-refractivity contribution in [2.75, 3.05) is 0 Å². The molecule has 0 spiro atoms. The van der Waals surface area contributed by atoms with Crippen LogP contribution in [0.15, 0.2) is 16.8 Å². The summed E-state index contributed by atoms with van der Waals surface area (Å²) in [5.74, 6) is -0.116. The van der Waals surface area contributed by atoms with E-state index in [4.69, 9.17) is 0 Å². The summed E-state index contributed by atoms with van der Waals surface area (Å²) in [5, 5.41) is 2.27. The predicted octanol–water partition coefficient (Wildman–Crippen LogP) is 1.64. The van der Waals surface area contributed by atoms with Gasteiger partial charge in [-0.15, -0.1) is 4.91 Å². The Balaban J connectivity index is 2.51. The molecule has 0 saturated heterocycles. The zero-order valence-corrected chi connectivity index (χ0v) is 5.83. The Labute approximate surface area is 59.1 Å². The van der Waals surface area contributed by atoms with E-state index in [0.717, 1.165) is 18.4 Å². The van der Waals surface area contributed by atoms with E-state index in [1.54, 1.807) is 0 Å². The molecule has 10 heavy (non-hydrogen) atoms. The molecule has 1 amide bonds. The molecule has 0 N–H and O–H groups in total. The van der Waals surface area contributed by atoms with Crippen LogP contribution in [0.2, 0.25) is 0 Å². The van der Waals surface area contributed by atoms with Crippen molar-refractivity contribution in [2.24, 2.45) is 11.1 Å². The number of amides is 1. The maximum atomic E-state index is 10.4. The highest BCUT2D eigenvalue weighted by Gasteiger charge is 2.23. The molecule has 3 heteroatoms. The van der Waals surface area contributed by atoms with Gasteiger partial charge in [-0.2, -0.15) is 0 Å². The van der Waals surface area contributed by atoms with Gasteiger partial charge < -0.3 is 0 Å². The third-order valence-electron chi connectivity index (χ3n) is 1.66. The number of hydrogen-bond acceptors (Lipinski definition) is 2. The minimum atomic E-state index is -0.663. The first-order chi connectivity index (χ1) is 4.74. The van der Waals surface area contributed by atoms with Gasteiger partial charge in [0.1, 0.15) is 0 Å². The Hall–Kier alpha value is -0.990. The fourth-order valence-electron chi connectivity index (χ4n) is 0.878. The number of carbonyl (C=O) groups is 1. The van der Waals surface area contributed by atoms with E-state index in [1.807, 2.05) is 6.92 Å². The first-order valence-electron chi connectivity index (χ1n) is 3.29. The highest BCUT2D eigenvalue weighted by atomic mass is 16.3. The largest absolute Gasteiger partial charge is 0.309 e. The summed E-state index contributed by atoms with van der Waals surface area (Å²) in [6.45, 7) is 1.86. The van der Waals surface area contributed by atoms with Gasteiger partial charge in [0.15, 0.2) is 0 Å². The molecular formula is C7H9NO2. The van der Waals surface area contributed by atoms with E-state index in [-0.39, 0.29) is 0 Å². The second-order valence-corrected chi connectivity index (χ2v) is 2.59. The molecule has 0 aliphatic heterocycles. The van der Waals surface area contributed by atoms with Crippen LogP contribution in [0.3, 0.4) is 0 Å². The van der Waals surface area contributed by atoms with E-state index in [1.165, 1.54) is 6.08 Å². The number of nitrogens with zero attached hydrogens (tertiary/aromatic N) is 1. The van der Waals surface area contributed by atoms with E-state index in [9.17, 15) is 9.70 Å². The van der Waals surface area contributed by atoms with Gasteiger partial charge in [0.25, 0.3) is 0 Å². The van der Waals surface area contributed by atoms with Crippen molar-refractivity contribution in [2.45, 2.75) is 19.8 Å². The summed E-state index contributed by atoms with van der Waals surface area (Å²) in [6, 6.07) is 0. The lowest BCUT2D eigenvalue weighted by Gasteiger charge is -1.90. The molecule has 0 unspecified atom stereocenters. The lowest BCUT2D eigenvalue weighted by Crippen LogP contribution is -1.88. The minimum absolute atomic E-state index is 0.547. The van der Waals surface area contributed by atoms with Gasteiger partial charge in [0.05, 0.1) is 0 Å². The minimum Gasteiger partial charge on any atom is -0.264 e. The molecule has 0 aromatic heterocycles. The molecule has 1 rings (SSSR count). The molecule has 54 valence electrons. The number of rotatable bonds is 2. The van der Waals surface area contributed by atoms with Crippen LogP contribution >= 0.6 is 0 Å². The van der Waals surface area contributed by atoms with Gasteiger partial charge >= 0.3 is 5.91 Å². The highest BCUT2D eigenvalue weighted by Crippen LogP contribution is 2.35. The molecule has 3 nitrogen and oxygen atoms in total. The smallest absolute Gasteiger partial charge is 0.264 e.